The van der Waals surface area contributed by atoms with E-state index in [1.54, 1.807) is 18.2 Å². The Bertz CT molecular complexity index is 1020. The number of fused-ring (bicyclic) bond motifs is 3. The lowest BCUT2D eigenvalue weighted by molar-refractivity contribution is 0.593. The summed E-state index contributed by atoms with van der Waals surface area (Å²) < 4.78 is 37.1. The van der Waals surface area contributed by atoms with Gasteiger partial charge < -0.3 is 4.42 Å². The van der Waals surface area contributed by atoms with Crippen LogP contribution in [0.2, 0.25) is 0 Å². The number of hydrogen-bond donors (Lipinski definition) is 1. The largest absolute Gasteiger partial charge is 0.452 e. The van der Waals surface area contributed by atoms with Gasteiger partial charge in [-0.05, 0) is 18.2 Å². The molecule has 1 aliphatic rings. The molecule has 2 aromatic carbocycles. The van der Waals surface area contributed by atoms with Crippen molar-refractivity contribution in [1.82, 2.24) is 0 Å². The molecule has 0 radical (unpaired) electrons. The summed E-state index contributed by atoms with van der Waals surface area (Å²) in [4.78, 5) is 0. The molecule has 5 nitrogen and oxygen atoms in total. The zero-order valence-electron chi connectivity index (χ0n) is 11.1. The molecular formula is C15H9BrN2O3S. The van der Waals surface area contributed by atoms with Gasteiger partial charge in [0.1, 0.15) is 17.0 Å². The second-order valence-electron chi connectivity index (χ2n) is 4.83. The second-order valence-corrected chi connectivity index (χ2v) is 7.08. The van der Waals surface area contributed by atoms with Crippen LogP contribution in [-0.2, 0) is 10.2 Å². The van der Waals surface area contributed by atoms with E-state index < -0.39 is 10.2 Å². The standard InChI is InChI=1S/C15H9BrN2O3S/c16-10-6-7-12-11(8-10)14-15(21-12)13(17-22(19,20)18-14)9-4-2-1-3-5-9/h1-8,18H. The number of halogens is 1. The third kappa shape index (κ3) is 2.13. The molecule has 7 heteroatoms. The van der Waals surface area contributed by atoms with Gasteiger partial charge >= 0.3 is 10.2 Å². The number of rotatable bonds is 1. The first-order valence-corrected chi connectivity index (χ1v) is 8.67. The summed E-state index contributed by atoms with van der Waals surface area (Å²) in [6, 6.07) is 14.5. The fourth-order valence-corrected chi connectivity index (χ4v) is 3.73. The third-order valence-electron chi connectivity index (χ3n) is 3.35. The van der Waals surface area contributed by atoms with Crippen molar-refractivity contribution < 1.29 is 12.8 Å². The van der Waals surface area contributed by atoms with Crippen LogP contribution in [0.4, 0.5) is 5.69 Å². The average molecular weight is 377 g/mol. The van der Waals surface area contributed by atoms with Crippen molar-refractivity contribution in [3.05, 3.63) is 64.3 Å². The predicted octanol–water partition coefficient (Wildman–Crippen LogP) is 3.70. The topological polar surface area (TPSA) is 71.7 Å². The lowest BCUT2D eigenvalue weighted by atomic mass is 10.1. The molecule has 0 amide bonds. The average Bonchev–Trinajstić information content (AvgIpc) is 2.84. The molecule has 0 saturated heterocycles. The van der Waals surface area contributed by atoms with Crippen LogP contribution in [0.15, 0.2) is 61.8 Å². The maximum atomic E-state index is 12.1. The van der Waals surface area contributed by atoms with Gasteiger partial charge in [0, 0.05) is 15.4 Å². The SMILES string of the molecule is O=S1(=O)N=C(c2ccccc2)c2oc3ccc(Br)cc3c2N1. The summed E-state index contributed by atoms with van der Waals surface area (Å²) in [6.07, 6.45) is 0. The minimum atomic E-state index is -3.81. The van der Waals surface area contributed by atoms with Crippen molar-refractivity contribution in [2.24, 2.45) is 4.40 Å². The maximum Gasteiger partial charge on any atom is 0.343 e. The lowest BCUT2D eigenvalue weighted by Crippen LogP contribution is -2.20. The van der Waals surface area contributed by atoms with Gasteiger partial charge in [-0.2, -0.15) is 8.42 Å². The van der Waals surface area contributed by atoms with Gasteiger partial charge in [-0.1, -0.05) is 46.3 Å². The molecule has 0 fully saturated rings. The molecule has 1 aliphatic heterocycles. The van der Waals surface area contributed by atoms with Crippen LogP contribution in [0.25, 0.3) is 11.0 Å². The molecule has 1 aromatic heterocycles. The Hall–Kier alpha value is -2.12. The van der Waals surface area contributed by atoms with E-state index in [4.69, 9.17) is 4.42 Å². The van der Waals surface area contributed by atoms with E-state index in [1.165, 1.54) is 0 Å². The maximum absolute atomic E-state index is 12.1. The fourth-order valence-electron chi connectivity index (χ4n) is 2.43. The summed E-state index contributed by atoms with van der Waals surface area (Å²) >= 11 is 3.38. The third-order valence-corrected chi connectivity index (χ3v) is 4.73. The van der Waals surface area contributed by atoms with Gasteiger partial charge in [0.15, 0.2) is 5.76 Å². The van der Waals surface area contributed by atoms with Crippen LogP contribution in [-0.4, -0.2) is 14.1 Å². The van der Waals surface area contributed by atoms with Gasteiger partial charge in [0.05, 0.1) is 0 Å². The summed E-state index contributed by atoms with van der Waals surface area (Å²) in [5.41, 5.74) is 2.01. The van der Waals surface area contributed by atoms with Crippen molar-refractivity contribution in [3.8, 4) is 0 Å². The molecule has 1 N–H and O–H groups in total. The van der Waals surface area contributed by atoms with Crippen molar-refractivity contribution in [2.75, 3.05) is 4.72 Å². The van der Waals surface area contributed by atoms with Gasteiger partial charge in [0.2, 0.25) is 0 Å². The highest BCUT2D eigenvalue weighted by atomic mass is 79.9. The van der Waals surface area contributed by atoms with Crippen LogP contribution >= 0.6 is 15.9 Å². The Morgan fingerprint density at radius 1 is 1.09 bits per heavy atom. The van der Waals surface area contributed by atoms with Crippen LogP contribution in [0.1, 0.15) is 11.3 Å². The molecule has 2 heterocycles. The minimum Gasteiger partial charge on any atom is -0.452 e. The van der Waals surface area contributed by atoms with Gasteiger partial charge in [-0.3, -0.25) is 4.72 Å². The molecule has 0 unspecified atom stereocenters. The van der Waals surface area contributed by atoms with Crippen LogP contribution in [0, 0.1) is 0 Å². The van der Waals surface area contributed by atoms with Crippen molar-refractivity contribution >= 4 is 48.5 Å². The first kappa shape index (κ1) is 13.5. The van der Waals surface area contributed by atoms with E-state index in [9.17, 15) is 8.42 Å². The number of nitrogens with one attached hydrogen (secondary N) is 1. The molecule has 3 aromatic rings. The molecule has 4 rings (SSSR count). The highest BCUT2D eigenvalue weighted by molar-refractivity contribution is 9.10. The van der Waals surface area contributed by atoms with E-state index in [1.807, 2.05) is 30.3 Å². The van der Waals surface area contributed by atoms with E-state index in [0.717, 1.165) is 4.47 Å². The molecular weight excluding hydrogens is 368 g/mol. The Labute approximate surface area is 135 Å². The number of anilines is 1. The normalized spacial score (nSPS) is 16.0. The number of furan rings is 1. The highest BCUT2D eigenvalue weighted by Gasteiger charge is 2.29. The van der Waals surface area contributed by atoms with E-state index in [0.29, 0.717) is 33.7 Å². The summed E-state index contributed by atoms with van der Waals surface area (Å²) in [5, 5.41) is 0.691. The van der Waals surface area contributed by atoms with Gasteiger partial charge in [-0.25, -0.2) is 0 Å². The lowest BCUT2D eigenvalue weighted by Gasteiger charge is -2.13. The summed E-state index contributed by atoms with van der Waals surface area (Å²) in [6.45, 7) is 0. The van der Waals surface area contributed by atoms with E-state index in [-0.39, 0.29) is 0 Å². The van der Waals surface area contributed by atoms with Crippen LogP contribution in [0.3, 0.4) is 0 Å². The Morgan fingerprint density at radius 3 is 2.64 bits per heavy atom. The van der Waals surface area contributed by atoms with Gasteiger partial charge in [-0.15, -0.1) is 4.40 Å². The molecule has 0 spiro atoms. The van der Waals surface area contributed by atoms with Gasteiger partial charge in [0.25, 0.3) is 0 Å². The van der Waals surface area contributed by atoms with Crippen molar-refractivity contribution in [1.29, 1.82) is 0 Å². The number of nitrogens with zero attached hydrogens (tertiary/aromatic N) is 1. The Morgan fingerprint density at radius 2 is 1.86 bits per heavy atom. The molecule has 22 heavy (non-hydrogen) atoms. The van der Waals surface area contributed by atoms with E-state index in [2.05, 4.69) is 25.0 Å². The molecule has 0 saturated carbocycles. The smallest absolute Gasteiger partial charge is 0.343 e. The second kappa shape index (κ2) is 4.69. The highest BCUT2D eigenvalue weighted by Crippen LogP contribution is 2.37. The fraction of sp³-hybridized carbons (Fsp3) is 0. The molecule has 0 aliphatic carbocycles. The van der Waals surface area contributed by atoms with Crippen LogP contribution < -0.4 is 4.72 Å². The minimum absolute atomic E-state index is 0.307. The zero-order valence-corrected chi connectivity index (χ0v) is 13.5. The molecule has 110 valence electrons. The monoisotopic (exact) mass is 376 g/mol. The summed E-state index contributed by atoms with van der Waals surface area (Å²) in [7, 11) is -3.81. The summed E-state index contributed by atoms with van der Waals surface area (Å²) in [5.74, 6) is 0.425. The first-order valence-electron chi connectivity index (χ1n) is 6.44. The Kier molecular flexibility index (Phi) is 2.88. The van der Waals surface area contributed by atoms with Crippen LogP contribution in [0.5, 0.6) is 0 Å². The predicted molar refractivity (Wildman–Crippen MR) is 88.5 cm³/mol. The van der Waals surface area contributed by atoms with Crippen molar-refractivity contribution in [2.45, 2.75) is 0 Å². The quantitative estimate of drug-likeness (QED) is 0.703. The zero-order chi connectivity index (χ0) is 15.3. The Balaban J connectivity index is 2.05. The van der Waals surface area contributed by atoms with E-state index >= 15 is 0 Å². The first-order chi connectivity index (χ1) is 10.5. The molecule has 0 atom stereocenters. The number of hydrogen-bond acceptors (Lipinski definition) is 3. The number of benzene rings is 2. The molecule has 0 bridgehead atoms. The van der Waals surface area contributed by atoms with Crippen molar-refractivity contribution in [3.63, 3.8) is 0 Å².